The molecule has 2 aromatic rings. The fraction of sp³-hybridized carbons (Fsp3) is 0.235. The molecule has 0 atom stereocenters. The van der Waals surface area contributed by atoms with Crippen LogP contribution in [0.4, 0.5) is 10.5 Å². The summed E-state index contributed by atoms with van der Waals surface area (Å²) in [6.45, 7) is 2.97. The van der Waals surface area contributed by atoms with E-state index in [0.717, 1.165) is 17.0 Å². The van der Waals surface area contributed by atoms with Crippen molar-refractivity contribution in [3.63, 3.8) is 0 Å². The van der Waals surface area contributed by atoms with Crippen molar-refractivity contribution in [1.82, 2.24) is 4.90 Å². The molecule has 4 heteroatoms. The number of hydrogen-bond acceptors (Lipinski definition) is 2. The number of benzene rings is 2. The molecule has 4 nitrogen and oxygen atoms in total. The minimum Gasteiger partial charge on any atom is -0.492 e. The molecule has 0 spiro atoms. The first-order valence-corrected chi connectivity index (χ1v) is 6.92. The predicted octanol–water partition coefficient (Wildman–Crippen LogP) is 3.54. The number of hydrogen-bond donors (Lipinski definition) is 1. The number of amides is 2. The third-order valence-corrected chi connectivity index (χ3v) is 3.05. The molecule has 0 fully saturated rings. The van der Waals surface area contributed by atoms with Crippen LogP contribution in [-0.2, 0) is 0 Å². The SMILES string of the molecule is Cc1cccc(NC(=O)N(C)CCOc2ccccc2)c1. The number of ether oxygens (including phenoxy) is 1. The number of urea groups is 1. The summed E-state index contributed by atoms with van der Waals surface area (Å²) in [7, 11) is 1.75. The van der Waals surface area contributed by atoms with E-state index in [1.807, 2.05) is 61.5 Å². The summed E-state index contributed by atoms with van der Waals surface area (Å²) < 4.78 is 5.57. The molecule has 110 valence electrons. The maximum Gasteiger partial charge on any atom is 0.321 e. The normalized spacial score (nSPS) is 10.0. The fourth-order valence-electron chi connectivity index (χ4n) is 1.86. The van der Waals surface area contributed by atoms with Crippen LogP contribution in [0.2, 0.25) is 0 Å². The van der Waals surface area contributed by atoms with Gasteiger partial charge in [-0.1, -0.05) is 30.3 Å². The van der Waals surface area contributed by atoms with E-state index in [4.69, 9.17) is 4.74 Å². The third kappa shape index (κ3) is 4.84. The Morgan fingerprint density at radius 1 is 1.14 bits per heavy atom. The zero-order chi connectivity index (χ0) is 15.1. The standard InChI is InChI=1S/C17H20N2O2/c1-14-7-6-8-15(13-14)18-17(20)19(2)11-12-21-16-9-4-3-5-10-16/h3-10,13H,11-12H2,1-2H3,(H,18,20). The Bertz CT molecular complexity index is 584. The van der Waals surface area contributed by atoms with Crippen LogP contribution in [0.15, 0.2) is 54.6 Å². The summed E-state index contributed by atoms with van der Waals surface area (Å²) in [5, 5.41) is 2.86. The van der Waals surface area contributed by atoms with Gasteiger partial charge in [-0.05, 0) is 36.8 Å². The molecule has 0 radical (unpaired) electrons. The molecule has 0 saturated heterocycles. The number of anilines is 1. The van der Waals surface area contributed by atoms with Crippen molar-refractivity contribution in [1.29, 1.82) is 0 Å². The van der Waals surface area contributed by atoms with Gasteiger partial charge in [0, 0.05) is 12.7 Å². The molecule has 0 aliphatic heterocycles. The Balaban J connectivity index is 1.77. The van der Waals surface area contributed by atoms with Crippen molar-refractivity contribution in [2.24, 2.45) is 0 Å². The summed E-state index contributed by atoms with van der Waals surface area (Å²) in [6, 6.07) is 17.2. The second kappa shape index (κ2) is 7.33. The van der Waals surface area contributed by atoms with Gasteiger partial charge >= 0.3 is 6.03 Å². The number of nitrogens with one attached hydrogen (secondary N) is 1. The molecular weight excluding hydrogens is 264 g/mol. The van der Waals surface area contributed by atoms with Gasteiger partial charge in [-0.25, -0.2) is 4.79 Å². The second-order valence-electron chi connectivity index (χ2n) is 4.88. The van der Waals surface area contributed by atoms with Crippen molar-refractivity contribution in [2.75, 3.05) is 25.5 Å². The maximum atomic E-state index is 12.0. The molecule has 2 amide bonds. The van der Waals surface area contributed by atoms with Crippen LogP contribution in [0, 0.1) is 6.92 Å². The van der Waals surface area contributed by atoms with Crippen LogP contribution in [0.25, 0.3) is 0 Å². The van der Waals surface area contributed by atoms with Crippen LogP contribution >= 0.6 is 0 Å². The largest absolute Gasteiger partial charge is 0.492 e. The lowest BCUT2D eigenvalue weighted by atomic mass is 10.2. The first-order chi connectivity index (χ1) is 10.1. The minimum absolute atomic E-state index is 0.141. The number of carbonyl (C=O) groups excluding carboxylic acids is 1. The molecule has 0 heterocycles. The van der Waals surface area contributed by atoms with E-state index in [1.54, 1.807) is 11.9 Å². The molecular formula is C17H20N2O2. The van der Waals surface area contributed by atoms with E-state index in [2.05, 4.69) is 5.32 Å². The molecule has 0 aromatic heterocycles. The van der Waals surface area contributed by atoms with Crippen molar-refractivity contribution in [3.05, 3.63) is 60.2 Å². The van der Waals surface area contributed by atoms with E-state index in [9.17, 15) is 4.79 Å². The van der Waals surface area contributed by atoms with Crippen molar-refractivity contribution < 1.29 is 9.53 Å². The molecule has 1 N–H and O–H groups in total. The molecule has 2 rings (SSSR count). The molecule has 0 aliphatic carbocycles. The van der Waals surface area contributed by atoms with Gasteiger partial charge in [0.25, 0.3) is 0 Å². The average molecular weight is 284 g/mol. The fourth-order valence-corrected chi connectivity index (χ4v) is 1.86. The second-order valence-corrected chi connectivity index (χ2v) is 4.88. The Kier molecular flexibility index (Phi) is 5.21. The van der Waals surface area contributed by atoms with Gasteiger partial charge in [0.2, 0.25) is 0 Å². The molecule has 0 saturated carbocycles. The van der Waals surface area contributed by atoms with E-state index in [1.165, 1.54) is 0 Å². The lowest BCUT2D eigenvalue weighted by Crippen LogP contribution is -2.34. The summed E-state index contributed by atoms with van der Waals surface area (Å²) >= 11 is 0. The lowest BCUT2D eigenvalue weighted by molar-refractivity contribution is 0.207. The van der Waals surface area contributed by atoms with Crippen LogP contribution in [0.3, 0.4) is 0 Å². The first kappa shape index (κ1) is 14.9. The summed E-state index contributed by atoms with van der Waals surface area (Å²) in [5.74, 6) is 0.810. The van der Waals surface area contributed by atoms with E-state index in [0.29, 0.717) is 13.2 Å². The highest BCUT2D eigenvalue weighted by molar-refractivity contribution is 5.89. The highest BCUT2D eigenvalue weighted by atomic mass is 16.5. The summed E-state index contributed by atoms with van der Waals surface area (Å²) in [5.41, 5.74) is 1.92. The van der Waals surface area contributed by atoms with E-state index < -0.39 is 0 Å². The zero-order valence-electron chi connectivity index (χ0n) is 12.4. The Labute approximate surface area is 125 Å². The third-order valence-electron chi connectivity index (χ3n) is 3.05. The van der Waals surface area contributed by atoms with Gasteiger partial charge in [0.05, 0.1) is 6.54 Å². The monoisotopic (exact) mass is 284 g/mol. The van der Waals surface area contributed by atoms with E-state index >= 15 is 0 Å². The Morgan fingerprint density at radius 2 is 1.90 bits per heavy atom. The lowest BCUT2D eigenvalue weighted by Gasteiger charge is -2.18. The summed E-state index contributed by atoms with van der Waals surface area (Å²) in [6.07, 6.45) is 0. The molecule has 0 bridgehead atoms. The van der Waals surface area contributed by atoms with Crippen LogP contribution < -0.4 is 10.1 Å². The Hall–Kier alpha value is -2.49. The molecule has 21 heavy (non-hydrogen) atoms. The smallest absolute Gasteiger partial charge is 0.321 e. The average Bonchev–Trinajstić information content (AvgIpc) is 2.48. The number of carbonyl (C=O) groups is 1. The highest BCUT2D eigenvalue weighted by Crippen LogP contribution is 2.10. The highest BCUT2D eigenvalue weighted by Gasteiger charge is 2.08. The van der Waals surface area contributed by atoms with Crippen molar-refractivity contribution >= 4 is 11.7 Å². The van der Waals surface area contributed by atoms with Gasteiger partial charge in [-0.3, -0.25) is 0 Å². The maximum absolute atomic E-state index is 12.0. The number of aryl methyl sites for hydroxylation is 1. The predicted molar refractivity (Wildman–Crippen MR) is 84.8 cm³/mol. The number of likely N-dealkylation sites (N-methyl/N-ethyl adjacent to an activating group) is 1. The number of rotatable bonds is 5. The molecule has 0 aliphatic rings. The quantitative estimate of drug-likeness (QED) is 0.912. The van der Waals surface area contributed by atoms with Gasteiger partial charge in [0.15, 0.2) is 0 Å². The molecule has 0 unspecified atom stereocenters. The number of nitrogens with zero attached hydrogens (tertiary/aromatic N) is 1. The minimum atomic E-state index is -0.141. The zero-order valence-corrected chi connectivity index (χ0v) is 12.4. The van der Waals surface area contributed by atoms with Crippen LogP contribution in [0.1, 0.15) is 5.56 Å². The van der Waals surface area contributed by atoms with Crippen molar-refractivity contribution in [3.8, 4) is 5.75 Å². The van der Waals surface area contributed by atoms with Crippen molar-refractivity contribution in [2.45, 2.75) is 6.92 Å². The van der Waals surface area contributed by atoms with Gasteiger partial charge < -0.3 is 15.0 Å². The van der Waals surface area contributed by atoms with Crippen LogP contribution in [0.5, 0.6) is 5.75 Å². The molecule has 2 aromatic carbocycles. The number of para-hydroxylation sites is 1. The topological polar surface area (TPSA) is 41.6 Å². The van der Waals surface area contributed by atoms with Gasteiger partial charge in [-0.2, -0.15) is 0 Å². The van der Waals surface area contributed by atoms with Gasteiger partial charge in [-0.15, -0.1) is 0 Å². The Morgan fingerprint density at radius 3 is 2.62 bits per heavy atom. The first-order valence-electron chi connectivity index (χ1n) is 6.92. The van der Waals surface area contributed by atoms with Crippen LogP contribution in [-0.4, -0.2) is 31.1 Å². The van der Waals surface area contributed by atoms with Gasteiger partial charge in [0.1, 0.15) is 12.4 Å². The van der Waals surface area contributed by atoms with E-state index in [-0.39, 0.29) is 6.03 Å². The summed E-state index contributed by atoms with van der Waals surface area (Å²) in [4.78, 5) is 13.6.